The van der Waals surface area contributed by atoms with Crippen LogP contribution in [0.3, 0.4) is 0 Å². The van der Waals surface area contributed by atoms with E-state index in [1.54, 1.807) is 23.5 Å². The molecule has 0 aliphatic carbocycles. The maximum atomic E-state index is 9.72. The molecule has 19 heavy (non-hydrogen) atoms. The van der Waals surface area contributed by atoms with Gasteiger partial charge in [0.2, 0.25) is 0 Å². The summed E-state index contributed by atoms with van der Waals surface area (Å²) in [6.45, 7) is 4.11. The van der Waals surface area contributed by atoms with Gasteiger partial charge >= 0.3 is 0 Å². The molecule has 0 amide bonds. The first-order valence-electron chi connectivity index (χ1n) is 6.38. The Kier molecular flexibility index (Phi) is 13.2. The molecule has 0 heterocycles. The fourth-order valence-corrected chi connectivity index (χ4v) is 3.85. The van der Waals surface area contributed by atoms with Crippen LogP contribution in [0, 0.1) is 0 Å². The highest BCUT2D eigenvalue weighted by molar-refractivity contribution is 8.01. The second-order valence-electron chi connectivity index (χ2n) is 4.50. The zero-order chi connectivity index (χ0) is 14.7. The molecule has 0 saturated carbocycles. The van der Waals surface area contributed by atoms with Gasteiger partial charge in [0.15, 0.2) is 0 Å². The molecule has 0 bridgehead atoms. The third kappa shape index (κ3) is 12.3. The quantitative estimate of drug-likeness (QED) is 0.419. The molecule has 4 unspecified atom stereocenters. The highest BCUT2D eigenvalue weighted by Crippen LogP contribution is 2.16. The Morgan fingerprint density at radius 2 is 1.11 bits per heavy atom. The van der Waals surface area contributed by atoms with Gasteiger partial charge < -0.3 is 20.4 Å². The lowest BCUT2D eigenvalue weighted by Gasteiger charge is -2.15. The minimum atomic E-state index is -0.403. The molecule has 116 valence electrons. The summed E-state index contributed by atoms with van der Waals surface area (Å²) in [6, 6.07) is 0. The van der Waals surface area contributed by atoms with Gasteiger partial charge in [-0.25, -0.2) is 0 Å². The number of hydrogen-bond acceptors (Lipinski definition) is 7. The van der Waals surface area contributed by atoms with Crippen LogP contribution in [-0.4, -0.2) is 79.4 Å². The van der Waals surface area contributed by atoms with Crippen molar-refractivity contribution in [2.45, 2.75) is 36.6 Å². The van der Waals surface area contributed by atoms with Crippen molar-refractivity contribution in [1.29, 1.82) is 0 Å². The third-order valence-corrected chi connectivity index (χ3v) is 6.11. The summed E-state index contributed by atoms with van der Waals surface area (Å²) < 4.78 is 0. The molecular weight excluding hydrogens is 304 g/mol. The van der Waals surface area contributed by atoms with E-state index < -0.39 is 12.2 Å². The lowest BCUT2D eigenvalue weighted by atomic mass is 10.5. The van der Waals surface area contributed by atoms with E-state index >= 15 is 0 Å². The van der Waals surface area contributed by atoms with E-state index in [0.29, 0.717) is 23.0 Å². The highest BCUT2D eigenvalue weighted by atomic mass is 32.2. The molecule has 4 N–H and O–H groups in total. The van der Waals surface area contributed by atoms with Crippen molar-refractivity contribution < 1.29 is 20.4 Å². The minimum Gasteiger partial charge on any atom is -0.395 e. The van der Waals surface area contributed by atoms with Crippen molar-refractivity contribution in [3.8, 4) is 0 Å². The molecule has 0 aromatic heterocycles. The van der Waals surface area contributed by atoms with Gasteiger partial charge in [-0.2, -0.15) is 35.3 Å². The fraction of sp³-hybridized carbons (Fsp3) is 1.00. The standard InChI is InChI=1S/C12H26O4S3/c1-9(3-13)18-7-11(15)5-17-6-12(16)8-19-10(2)4-14/h9-16H,3-8H2,1-2H3. The van der Waals surface area contributed by atoms with E-state index in [9.17, 15) is 10.2 Å². The van der Waals surface area contributed by atoms with Crippen molar-refractivity contribution in [2.24, 2.45) is 0 Å². The predicted octanol–water partition coefficient (Wildman–Crippen LogP) is 0.669. The molecule has 4 nitrogen and oxygen atoms in total. The van der Waals surface area contributed by atoms with Crippen LogP contribution in [0.5, 0.6) is 0 Å². The monoisotopic (exact) mass is 330 g/mol. The average Bonchev–Trinajstić information content (AvgIpc) is 2.41. The zero-order valence-electron chi connectivity index (χ0n) is 11.6. The Bertz CT molecular complexity index is 189. The van der Waals surface area contributed by atoms with Crippen molar-refractivity contribution in [1.82, 2.24) is 0 Å². The van der Waals surface area contributed by atoms with E-state index in [2.05, 4.69) is 0 Å². The minimum absolute atomic E-state index is 0.128. The average molecular weight is 331 g/mol. The predicted molar refractivity (Wildman–Crippen MR) is 87.4 cm³/mol. The Morgan fingerprint density at radius 3 is 1.42 bits per heavy atom. The first-order valence-corrected chi connectivity index (χ1v) is 9.63. The molecule has 0 aromatic rings. The molecule has 0 aromatic carbocycles. The zero-order valence-corrected chi connectivity index (χ0v) is 14.0. The smallest absolute Gasteiger partial charge is 0.0721 e. The molecule has 0 aliphatic rings. The summed E-state index contributed by atoms with van der Waals surface area (Å²) >= 11 is 4.64. The summed E-state index contributed by atoms with van der Waals surface area (Å²) in [7, 11) is 0. The number of aliphatic hydroxyl groups is 4. The molecular formula is C12H26O4S3. The summed E-state index contributed by atoms with van der Waals surface area (Å²) in [5, 5.41) is 37.5. The number of thioether (sulfide) groups is 3. The summed E-state index contributed by atoms with van der Waals surface area (Å²) in [4.78, 5) is 0. The van der Waals surface area contributed by atoms with Crippen LogP contribution >= 0.6 is 35.3 Å². The van der Waals surface area contributed by atoms with Crippen LogP contribution in [-0.2, 0) is 0 Å². The van der Waals surface area contributed by atoms with Crippen molar-refractivity contribution in [2.75, 3.05) is 36.2 Å². The van der Waals surface area contributed by atoms with Crippen molar-refractivity contribution >= 4 is 35.3 Å². The van der Waals surface area contributed by atoms with Gasteiger partial charge in [-0.15, -0.1) is 0 Å². The Labute approximate surface area is 128 Å². The molecule has 0 rings (SSSR count). The highest BCUT2D eigenvalue weighted by Gasteiger charge is 2.11. The molecule has 0 spiro atoms. The summed E-state index contributed by atoms with van der Waals surface area (Å²) in [5.41, 5.74) is 0. The van der Waals surface area contributed by atoms with Gasteiger partial charge in [-0.1, -0.05) is 13.8 Å². The lowest BCUT2D eigenvalue weighted by Crippen LogP contribution is -2.20. The normalized spacial score (nSPS) is 18.0. The van der Waals surface area contributed by atoms with Crippen LogP contribution in [0.1, 0.15) is 13.8 Å². The SMILES string of the molecule is CC(CO)SCC(O)CSCC(O)CSC(C)CO. The van der Waals surface area contributed by atoms with Gasteiger partial charge in [0.1, 0.15) is 0 Å². The van der Waals surface area contributed by atoms with E-state index in [4.69, 9.17) is 10.2 Å². The van der Waals surface area contributed by atoms with Gasteiger partial charge in [-0.3, -0.25) is 0 Å². The second-order valence-corrected chi connectivity index (χ2v) is 8.52. The first kappa shape index (κ1) is 19.9. The maximum absolute atomic E-state index is 9.72. The number of rotatable bonds is 12. The van der Waals surface area contributed by atoms with Crippen LogP contribution in [0.25, 0.3) is 0 Å². The van der Waals surface area contributed by atoms with Gasteiger partial charge in [0.05, 0.1) is 25.4 Å². The Morgan fingerprint density at radius 1 is 0.737 bits per heavy atom. The van der Waals surface area contributed by atoms with Crippen LogP contribution in [0.15, 0.2) is 0 Å². The topological polar surface area (TPSA) is 80.9 Å². The Balaban J connectivity index is 3.50. The first-order chi connectivity index (χ1) is 8.99. The maximum Gasteiger partial charge on any atom is 0.0721 e. The van der Waals surface area contributed by atoms with E-state index in [0.717, 1.165) is 0 Å². The van der Waals surface area contributed by atoms with Crippen molar-refractivity contribution in [3.63, 3.8) is 0 Å². The van der Waals surface area contributed by atoms with Crippen LogP contribution in [0.4, 0.5) is 0 Å². The van der Waals surface area contributed by atoms with Gasteiger partial charge in [-0.05, 0) is 0 Å². The van der Waals surface area contributed by atoms with Crippen LogP contribution in [0.2, 0.25) is 0 Å². The summed E-state index contributed by atoms with van der Waals surface area (Å²) in [6.07, 6.45) is -0.805. The molecule has 7 heteroatoms. The largest absolute Gasteiger partial charge is 0.395 e. The lowest BCUT2D eigenvalue weighted by molar-refractivity contribution is 0.219. The Hall–Kier alpha value is 0.890. The van der Waals surface area contributed by atoms with E-state index in [1.807, 2.05) is 13.8 Å². The number of aliphatic hydroxyl groups excluding tert-OH is 4. The second kappa shape index (κ2) is 12.6. The van der Waals surface area contributed by atoms with Gasteiger partial charge in [0.25, 0.3) is 0 Å². The van der Waals surface area contributed by atoms with Crippen LogP contribution < -0.4 is 0 Å². The van der Waals surface area contributed by atoms with E-state index in [1.165, 1.54) is 11.8 Å². The molecule has 0 fully saturated rings. The molecule has 0 radical (unpaired) electrons. The fourth-order valence-electron chi connectivity index (χ4n) is 1.09. The molecule has 4 atom stereocenters. The summed E-state index contributed by atoms with van der Waals surface area (Å²) in [5.74, 6) is 2.42. The third-order valence-electron chi connectivity index (χ3n) is 2.28. The van der Waals surface area contributed by atoms with Crippen molar-refractivity contribution in [3.05, 3.63) is 0 Å². The van der Waals surface area contributed by atoms with Gasteiger partial charge in [0, 0.05) is 33.5 Å². The van der Waals surface area contributed by atoms with E-state index in [-0.39, 0.29) is 23.7 Å². The molecule has 0 aliphatic heterocycles. The number of hydrogen-bond donors (Lipinski definition) is 4. The molecule has 0 saturated heterocycles.